The van der Waals surface area contributed by atoms with Crippen LogP contribution >= 0.6 is 0 Å². The van der Waals surface area contributed by atoms with Crippen molar-refractivity contribution in [3.05, 3.63) is 47.1 Å². The van der Waals surface area contributed by atoms with Crippen molar-refractivity contribution in [3.63, 3.8) is 0 Å². The first-order valence-corrected chi connectivity index (χ1v) is 7.58. The molecule has 0 fully saturated rings. The van der Waals surface area contributed by atoms with Gasteiger partial charge in [-0.25, -0.2) is 4.79 Å². The van der Waals surface area contributed by atoms with Gasteiger partial charge < -0.3 is 14.9 Å². The highest BCUT2D eigenvalue weighted by Crippen LogP contribution is 2.38. The molecule has 0 amide bonds. The fourth-order valence-electron chi connectivity index (χ4n) is 2.68. The van der Waals surface area contributed by atoms with E-state index in [2.05, 4.69) is 0 Å². The van der Waals surface area contributed by atoms with Crippen LogP contribution in [0.4, 0.5) is 0 Å². The summed E-state index contributed by atoms with van der Waals surface area (Å²) in [6.07, 6.45) is 9.88. The number of aromatic hydroxyl groups is 2. The quantitative estimate of drug-likeness (QED) is 0.643. The molecule has 1 atom stereocenters. The van der Waals surface area contributed by atoms with Gasteiger partial charge in [0.15, 0.2) is 0 Å². The molecule has 1 aliphatic heterocycles. The van der Waals surface area contributed by atoms with E-state index < -0.39 is 5.97 Å². The maximum Gasteiger partial charge on any atom is 0.342 e. The summed E-state index contributed by atoms with van der Waals surface area (Å²) in [6, 6.07) is 1.58. The maximum absolute atomic E-state index is 12.2. The molecule has 1 aromatic carbocycles. The van der Waals surface area contributed by atoms with E-state index in [0.29, 0.717) is 24.0 Å². The zero-order chi connectivity index (χ0) is 16.1. The third-order valence-corrected chi connectivity index (χ3v) is 3.84. The molecule has 0 saturated heterocycles. The molecule has 2 N–H and O–H groups in total. The lowest BCUT2D eigenvalue weighted by Gasteiger charge is -2.26. The minimum absolute atomic E-state index is 0.0243. The number of cyclic esters (lactones) is 1. The van der Waals surface area contributed by atoms with Gasteiger partial charge in [-0.15, -0.1) is 0 Å². The van der Waals surface area contributed by atoms with Gasteiger partial charge in [-0.2, -0.15) is 0 Å². The fraction of sp³-hybridized carbons (Fsp3) is 0.389. The first-order chi connectivity index (χ1) is 10.6. The molecule has 2 rings (SSSR count). The Hall–Kier alpha value is -2.23. The SMILES string of the molecule is C/C=C/CCC1Cc2cc(O)c(C/C=C/C)c(O)c2C(=O)O1. The van der Waals surface area contributed by atoms with E-state index in [1.165, 1.54) is 0 Å². The second kappa shape index (κ2) is 7.16. The van der Waals surface area contributed by atoms with E-state index >= 15 is 0 Å². The molecule has 1 unspecified atom stereocenters. The minimum Gasteiger partial charge on any atom is -0.508 e. The van der Waals surface area contributed by atoms with Gasteiger partial charge in [-0.1, -0.05) is 24.3 Å². The van der Waals surface area contributed by atoms with Crippen molar-refractivity contribution in [1.29, 1.82) is 0 Å². The Morgan fingerprint density at radius 2 is 2.00 bits per heavy atom. The molecule has 0 saturated carbocycles. The van der Waals surface area contributed by atoms with Crippen LogP contribution in [0.5, 0.6) is 11.5 Å². The number of ether oxygens (including phenoxy) is 1. The molecule has 4 heteroatoms. The van der Waals surface area contributed by atoms with E-state index in [1.54, 1.807) is 6.07 Å². The highest BCUT2D eigenvalue weighted by molar-refractivity contribution is 5.96. The van der Waals surface area contributed by atoms with Crippen molar-refractivity contribution in [3.8, 4) is 11.5 Å². The van der Waals surface area contributed by atoms with Crippen molar-refractivity contribution >= 4 is 5.97 Å². The zero-order valence-corrected chi connectivity index (χ0v) is 13.0. The van der Waals surface area contributed by atoms with E-state index in [0.717, 1.165) is 12.8 Å². The van der Waals surface area contributed by atoms with Crippen LogP contribution in [0.15, 0.2) is 30.4 Å². The summed E-state index contributed by atoms with van der Waals surface area (Å²) in [5, 5.41) is 20.4. The molecule has 0 bridgehead atoms. The fourth-order valence-corrected chi connectivity index (χ4v) is 2.68. The van der Waals surface area contributed by atoms with E-state index in [4.69, 9.17) is 4.74 Å². The summed E-state index contributed by atoms with van der Waals surface area (Å²) >= 11 is 0. The Morgan fingerprint density at radius 1 is 1.27 bits per heavy atom. The van der Waals surface area contributed by atoms with Gasteiger partial charge in [0, 0.05) is 12.0 Å². The van der Waals surface area contributed by atoms with Crippen LogP contribution < -0.4 is 0 Å². The number of carbonyl (C=O) groups is 1. The number of rotatable bonds is 5. The molecular formula is C18H22O4. The Labute approximate surface area is 130 Å². The monoisotopic (exact) mass is 302 g/mol. The van der Waals surface area contributed by atoms with Crippen LogP contribution in [0, 0.1) is 0 Å². The summed E-state index contributed by atoms with van der Waals surface area (Å²) < 4.78 is 5.41. The second-order valence-electron chi connectivity index (χ2n) is 5.41. The Kier molecular flexibility index (Phi) is 5.26. The molecule has 4 nitrogen and oxygen atoms in total. The highest BCUT2D eigenvalue weighted by atomic mass is 16.5. The second-order valence-corrected chi connectivity index (χ2v) is 5.41. The molecule has 0 aromatic heterocycles. The number of hydrogen-bond acceptors (Lipinski definition) is 4. The molecule has 0 radical (unpaired) electrons. The van der Waals surface area contributed by atoms with Crippen LogP contribution in [0.2, 0.25) is 0 Å². The predicted octanol–water partition coefficient (Wildman–Crippen LogP) is 3.65. The molecule has 0 spiro atoms. The highest BCUT2D eigenvalue weighted by Gasteiger charge is 2.31. The number of carbonyl (C=O) groups excluding carboxylic acids is 1. The summed E-state index contributed by atoms with van der Waals surface area (Å²) in [5.41, 5.74) is 1.21. The third kappa shape index (κ3) is 3.32. The van der Waals surface area contributed by atoms with Crippen LogP contribution in [0.3, 0.4) is 0 Å². The Balaban J connectivity index is 2.30. The standard InChI is InChI=1S/C18H22O4/c1-3-5-7-8-13-10-12-11-15(19)14(9-6-4-2)17(20)16(12)18(21)22-13/h3-6,11,13,19-20H,7-10H2,1-2H3/b5-3+,6-4+. The van der Waals surface area contributed by atoms with Crippen molar-refractivity contribution in [2.45, 2.75) is 45.6 Å². The van der Waals surface area contributed by atoms with Crippen LogP contribution in [0.1, 0.15) is 48.2 Å². The van der Waals surface area contributed by atoms with Crippen molar-refractivity contribution in [2.75, 3.05) is 0 Å². The minimum atomic E-state index is -0.508. The first kappa shape index (κ1) is 16.1. The average Bonchev–Trinajstić information content (AvgIpc) is 2.46. The Bertz CT molecular complexity index is 614. The lowest BCUT2D eigenvalue weighted by Crippen LogP contribution is -2.28. The summed E-state index contributed by atoms with van der Waals surface area (Å²) in [7, 11) is 0. The van der Waals surface area contributed by atoms with Gasteiger partial charge in [0.25, 0.3) is 0 Å². The van der Waals surface area contributed by atoms with E-state index in [9.17, 15) is 15.0 Å². The van der Waals surface area contributed by atoms with Crippen LogP contribution in [0.25, 0.3) is 0 Å². The normalized spacial score (nSPS) is 17.9. The van der Waals surface area contributed by atoms with E-state index in [-0.39, 0.29) is 23.2 Å². The zero-order valence-electron chi connectivity index (χ0n) is 13.0. The van der Waals surface area contributed by atoms with Gasteiger partial charge in [0.05, 0.1) is 0 Å². The predicted molar refractivity (Wildman–Crippen MR) is 85.2 cm³/mol. The maximum atomic E-state index is 12.2. The molecule has 1 aliphatic rings. The number of allylic oxidation sites excluding steroid dienone is 4. The summed E-state index contributed by atoms with van der Waals surface area (Å²) in [5.74, 6) is -0.646. The largest absolute Gasteiger partial charge is 0.508 e. The van der Waals surface area contributed by atoms with Crippen molar-refractivity contribution in [2.24, 2.45) is 0 Å². The van der Waals surface area contributed by atoms with Crippen LogP contribution in [-0.2, 0) is 17.6 Å². The molecule has 1 aromatic rings. The molecule has 118 valence electrons. The molecule has 0 aliphatic carbocycles. The third-order valence-electron chi connectivity index (χ3n) is 3.84. The lowest BCUT2D eigenvalue weighted by atomic mass is 9.92. The number of phenolic OH excluding ortho intramolecular Hbond substituents is 2. The summed E-state index contributed by atoms with van der Waals surface area (Å²) in [6.45, 7) is 3.81. The molecule has 1 heterocycles. The van der Waals surface area contributed by atoms with Gasteiger partial charge >= 0.3 is 5.97 Å². The number of esters is 1. The number of hydrogen-bond donors (Lipinski definition) is 2. The molecular weight excluding hydrogens is 280 g/mol. The average molecular weight is 302 g/mol. The lowest BCUT2D eigenvalue weighted by molar-refractivity contribution is 0.0235. The van der Waals surface area contributed by atoms with Gasteiger partial charge in [-0.3, -0.25) is 0 Å². The Morgan fingerprint density at radius 3 is 2.68 bits per heavy atom. The summed E-state index contributed by atoms with van der Waals surface area (Å²) in [4.78, 5) is 12.2. The number of fused-ring (bicyclic) bond motifs is 1. The van der Waals surface area contributed by atoms with Gasteiger partial charge in [0.1, 0.15) is 23.2 Å². The van der Waals surface area contributed by atoms with Gasteiger partial charge in [-0.05, 0) is 44.7 Å². The number of phenols is 2. The van der Waals surface area contributed by atoms with Gasteiger partial charge in [0.2, 0.25) is 0 Å². The van der Waals surface area contributed by atoms with Crippen molar-refractivity contribution < 1.29 is 19.7 Å². The van der Waals surface area contributed by atoms with E-state index in [1.807, 2.05) is 38.2 Å². The van der Waals surface area contributed by atoms with Crippen molar-refractivity contribution in [1.82, 2.24) is 0 Å². The first-order valence-electron chi connectivity index (χ1n) is 7.58. The molecule has 22 heavy (non-hydrogen) atoms. The number of benzene rings is 1. The smallest absolute Gasteiger partial charge is 0.342 e. The van der Waals surface area contributed by atoms with Crippen LogP contribution in [-0.4, -0.2) is 22.3 Å². The topological polar surface area (TPSA) is 66.8 Å².